The molecule has 10 heteroatoms. The van der Waals surface area contributed by atoms with Crippen molar-refractivity contribution in [2.75, 3.05) is 5.32 Å². The van der Waals surface area contributed by atoms with Crippen LogP contribution in [-0.2, 0) is 7.05 Å². The van der Waals surface area contributed by atoms with Gasteiger partial charge in [0.1, 0.15) is 17.4 Å². The van der Waals surface area contributed by atoms with Crippen LogP contribution in [0.15, 0.2) is 36.5 Å². The van der Waals surface area contributed by atoms with Gasteiger partial charge in [0.05, 0.1) is 5.69 Å². The van der Waals surface area contributed by atoms with E-state index < -0.39 is 18.1 Å². The largest absolute Gasteiger partial charge is 0.408 e. The number of hydrogen-bond donors (Lipinski definition) is 2. The molecular formula is C20H21F3N6O. The molecule has 1 amide bonds. The number of aromatic nitrogens is 4. The van der Waals surface area contributed by atoms with Gasteiger partial charge in [-0.05, 0) is 56.2 Å². The van der Waals surface area contributed by atoms with E-state index in [1.807, 2.05) is 37.4 Å². The second kappa shape index (κ2) is 8.13. The molecule has 2 heterocycles. The number of hydrogen-bond acceptors (Lipinski definition) is 5. The fourth-order valence-corrected chi connectivity index (χ4v) is 2.89. The Morgan fingerprint density at radius 2 is 1.77 bits per heavy atom. The maximum Gasteiger partial charge on any atom is 0.408 e. The number of alkyl halides is 3. The summed E-state index contributed by atoms with van der Waals surface area (Å²) in [7, 11) is 1.48. The number of halogens is 3. The molecule has 0 fully saturated rings. The highest BCUT2D eigenvalue weighted by Crippen LogP contribution is 2.22. The van der Waals surface area contributed by atoms with Crippen LogP contribution in [0.4, 0.5) is 24.8 Å². The number of nitrogens with zero attached hydrogens (tertiary/aromatic N) is 4. The van der Waals surface area contributed by atoms with Gasteiger partial charge in [-0.15, -0.1) is 0 Å². The van der Waals surface area contributed by atoms with Crippen LogP contribution in [0.1, 0.15) is 28.5 Å². The van der Waals surface area contributed by atoms with Crippen molar-refractivity contribution in [1.82, 2.24) is 25.1 Å². The van der Waals surface area contributed by atoms with Gasteiger partial charge in [-0.25, -0.2) is 9.97 Å². The number of carbonyl (C=O) groups excluding carboxylic acids is 1. The molecule has 0 saturated heterocycles. The van der Waals surface area contributed by atoms with Crippen LogP contribution in [0.3, 0.4) is 0 Å². The van der Waals surface area contributed by atoms with Crippen molar-refractivity contribution >= 4 is 17.5 Å². The summed E-state index contributed by atoms with van der Waals surface area (Å²) in [5, 5.41) is 9.25. The molecule has 0 radical (unpaired) electrons. The number of amides is 1. The lowest BCUT2D eigenvalue weighted by molar-refractivity contribution is -0.149. The van der Waals surface area contributed by atoms with E-state index >= 15 is 0 Å². The second-order valence-electron chi connectivity index (χ2n) is 7.04. The first-order valence-electron chi connectivity index (χ1n) is 9.13. The van der Waals surface area contributed by atoms with Crippen molar-refractivity contribution in [3.8, 4) is 11.4 Å². The zero-order chi connectivity index (χ0) is 22.1. The first-order valence-corrected chi connectivity index (χ1v) is 9.13. The molecule has 7 nitrogen and oxygen atoms in total. The summed E-state index contributed by atoms with van der Waals surface area (Å²) in [6, 6.07) is 6.97. The van der Waals surface area contributed by atoms with Crippen LogP contribution in [0.2, 0.25) is 0 Å². The lowest BCUT2D eigenvalue weighted by atomic mass is 10.1. The Kier molecular flexibility index (Phi) is 5.77. The third-order valence-corrected chi connectivity index (χ3v) is 4.35. The quantitative estimate of drug-likeness (QED) is 0.656. The van der Waals surface area contributed by atoms with Gasteiger partial charge in [0.25, 0.3) is 5.91 Å². The topological polar surface area (TPSA) is 84.7 Å². The van der Waals surface area contributed by atoms with Gasteiger partial charge in [0.2, 0.25) is 5.95 Å². The third-order valence-electron chi connectivity index (χ3n) is 4.35. The van der Waals surface area contributed by atoms with Crippen molar-refractivity contribution in [2.24, 2.45) is 7.05 Å². The van der Waals surface area contributed by atoms with Crippen LogP contribution < -0.4 is 10.6 Å². The molecule has 30 heavy (non-hydrogen) atoms. The molecule has 0 bridgehead atoms. The van der Waals surface area contributed by atoms with E-state index in [0.29, 0.717) is 17.3 Å². The van der Waals surface area contributed by atoms with E-state index in [0.717, 1.165) is 23.7 Å². The highest BCUT2D eigenvalue weighted by molar-refractivity contribution is 5.93. The van der Waals surface area contributed by atoms with Crippen molar-refractivity contribution in [1.29, 1.82) is 0 Å². The summed E-state index contributed by atoms with van der Waals surface area (Å²) in [5.41, 5.74) is 3.75. The minimum atomic E-state index is -4.53. The first kappa shape index (κ1) is 21.3. The molecule has 158 valence electrons. The summed E-state index contributed by atoms with van der Waals surface area (Å²) in [6.07, 6.45) is -2.99. The highest BCUT2D eigenvalue weighted by Gasteiger charge is 2.37. The Bertz CT molecular complexity index is 1060. The van der Waals surface area contributed by atoms with Gasteiger partial charge < -0.3 is 10.6 Å². The standard InChI is InChI=1S/C20H21F3N6O/c1-11-7-12(2)9-14(8-11)26-19-24-6-5-15(27-19)16-10-17(29(4)28-16)18(30)25-13(3)20(21,22)23/h5-10,13H,1-4H3,(H,25,30)(H,24,26,27)/t13-/m0/s1. The minimum absolute atomic E-state index is 0.0106. The van der Waals surface area contributed by atoms with Gasteiger partial charge in [-0.1, -0.05) is 6.07 Å². The highest BCUT2D eigenvalue weighted by atomic mass is 19.4. The maximum atomic E-state index is 12.7. The van der Waals surface area contributed by atoms with E-state index in [4.69, 9.17) is 0 Å². The SMILES string of the molecule is Cc1cc(C)cc(Nc2nccc(-c3cc(C(=O)N[C@@H](C)C(F)(F)F)n(C)n3)n2)c1. The Balaban J connectivity index is 1.82. The number of rotatable bonds is 5. The number of benzene rings is 1. The van der Waals surface area contributed by atoms with Gasteiger partial charge in [0, 0.05) is 18.9 Å². The van der Waals surface area contributed by atoms with Gasteiger partial charge in [-0.2, -0.15) is 18.3 Å². The molecule has 3 rings (SSSR count). The number of nitrogens with one attached hydrogen (secondary N) is 2. The first-order chi connectivity index (χ1) is 14.0. The summed E-state index contributed by atoms with van der Waals surface area (Å²) >= 11 is 0. The van der Waals surface area contributed by atoms with Crippen LogP contribution in [0.5, 0.6) is 0 Å². The minimum Gasteiger partial charge on any atom is -0.339 e. The molecule has 2 aromatic heterocycles. The molecule has 1 aromatic carbocycles. The predicted octanol–water partition coefficient (Wildman–Crippen LogP) is 3.92. The zero-order valence-electron chi connectivity index (χ0n) is 16.9. The van der Waals surface area contributed by atoms with E-state index in [2.05, 4.69) is 20.4 Å². The van der Waals surface area contributed by atoms with Crippen molar-refractivity contribution < 1.29 is 18.0 Å². The number of anilines is 2. The third kappa shape index (κ3) is 4.94. The predicted molar refractivity (Wildman–Crippen MR) is 106 cm³/mol. The molecular weight excluding hydrogens is 397 g/mol. The molecule has 0 aliphatic carbocycles. The lowest BCUT2D eigenvalue weighted by Gasteiger charge is -2.16. The summed E-state index contributed by atoms with van der Waals surface area (Å²) in [6.45, 7) is 4.84. The van der Waals surface area contributed by atoms with Crippen molar-refractivity contribution in [3.05, 3.63) is 53.3 Å². The van der Waals surface area contributed by atoms with Crippen LogP contribution in [-0.4, -0.2) is 37.9 Å². The average molecular weight is 418 g/mol. The fourth-order valence-electron chi connectivity index (χ4n) is 2.89. The Labute approximate surface area is 171 Å². The Morgan fingerprint density at radius 3 is 2.40 bits per heavy atom. The van der Waals surface area contributed by atoms with E-state index in [1.54, 1.807) is 6.07 Å². The van der Waals surface area contributed by atoms with Crippen molar-refractivity contribution in [2.45, 2.75) is 33.0 Å². The zero-order valence-corrected chi connectivity index (χ0v) is 16.9. The van der Waals surface area contributed by atoms with Gasteiger partial charge >= 0.3 is 6.18 Å². The van der Waals surface area contributed by atoms with E-state index in [9.17, 15) is 18.0 Å². The van der Waals surface area contributed by atoms with Crippen LogP contribution >= 0.6 is 0 Å². The van der Waals surface area contributed by atoms with Crippen LogP contribution in [0, 0.1) is 13.8 Å². The molecule has 0 unspecified atom stereocenters. The monoisotopic (exact) mass is 418 g/mol. The molecule has 0 saturated carbocycles. The number of carbonyl (C=O) groups is 1. The van der Waals surface area contributed by atoms with Crippen molar-refractivity contribution in [3.63, 3.8) is 0 Å². The van der Waals surface area contributed by atoms with E-state index in [1.165, 1.54) is 24.0 Å². The fraction of sp³-hybridized carbons (Fsp3) is 0.300. The normalized spacial score (nSPS) is 12.5. The summed E-state index contributed by atoms with van der Waals surface area (Å²) < 4.78 is 39.3. The lowest BCUT2D eigenvalue weighted by Crippen LogP contribution is -2.43. The molecule has 3 aromatic rings. The molecule has 0 aliphatic rings. The maximum absolute atomic E-state index is 12.7. The molecule has 0 aliphatic heterocycles. The van der Waals surface area contributed by atoms with Gasteiger partial charge in [0.15, 0.2) is 0 Å². The Morgan fingerprint density at radius 1 is 1.10 bits per heavy atom. The smallest absolute Gasteiger partial charge is 0.339 e. The molecule has 1 atom stereocenters. The second-order valence-corrected chi connectivity index (χ2v) is 7.04. The summed E-state index contributed by atoms with van der Waals surface area (Å²) in [5.74, 6) is -0.538. The van der Waals surface area contributed by atoms with Crippen LogP contribution in [0.25, 0.3) is 11.4 Å². The Hall–Kier alpha value is -3.43. The van der Waals surface area contributed by atoms with Gasteiger partial charge in [-0.3, -0.25) is 9.48 Å². The average Bonchev–Trinajstić information content (AvgIpc) is 3.02. The molecule has 0 spiro atoms. The summed E-state index contributed by atoms with van der Waals surface area (Å²) in [4.78, 5) is 20.8. The molecule has 2 N–H and O–H groups in total. The van der Waals surface area contributed by atoms with E-state index in [-0.39, 0.29) is 5.69 Å². The number of aryl methyl sites for hydroxylation is 3.